The van der Waals surface area contributed by atoms with Crippen molar-refractivity contribution in [3.63, 3.8) is 0 Å². The number of piperidine rings is 1. The summed E-state index contributed by atoms with van der Waals surface area (Å²) in [6, 6.07) is 11.8. The van der Waals surface area contributed by atoms with Crippen molar-refractivity contribution in [2.45, 2.75) is 45.4 Å². The van der Waals surface area contributed by atoms with Gasteiger partial charge in [0.1, 0.15) is 11.9 Å². The van der Waals surface area contributed by atoms with Crippen LogP contribution >= 0.6 is 0 Å². The molecular formula is C23H29FN2O3. The first-order chi connectivity index (χ1) is 14.0. The largest absolute Gasteiger partial charge is 0.493 e. The number of hydrogen-bond acceptors (Lipinski definition) is 4. The van der Waals surface area contributed by atoms with E-state index in [4.69, 9.17) is 9.47 Å². The van der Waals surface area contributed by atoms with Gasteiger partial charge in [0.15, 0.2) is 11.5 Å². The maximum Gasteiger partial charge on any atom is 0.251 e. The van der Waals surface area contributed by atoms with E-state index in [2.05, 4.69) is 24.1 Å². The number of halogens is 1. The molecule has 1 N–H and O–H groups in total. The van der Waals surface area contributed by atoms with E-state index < -0.39 is 0 Å². The van der Waals surface area contributed by atoms with E-state index in [1.165, 1.54) is 12.1 Å². The summed E-state index contributed by atoms with van der Waals surface area (Å²) in [6.07, 6.45) is 2.00. The Hall–Kier alpha value is -2.60. The molecule has 0 bridgehead atoms. The number of benzene rings is 2. The van der Waals surface area contributed by atoms with E-state index in [0.29, 0.717) is 29.6 Å². The zero-order chi connectivity index (χ0) is 20.8. The highest BCUT2D eigenvalue weighted by Gasteiger charge is 2.23. The molecule has 2 aromatic rings. The first kappa shape index (κ1) is 21.1. The van der Waals surface area contributed by atoms with Crippen molar-refractivity contribution in [2.24, 2.45) is 0 Å². The highest BCUT2D eigenvalue weighted by molar-refractivity contribution is 5.94. The number of ether oxygens (including phenoxy) is 2. The predicted molar refractivity (Wildman–Crippen MR) is 111 cm³/mol. The van der Waals surface area contributed by atoms with Crippen LogP contribution in [0, 0.1) is 5.82 Å². The summed E-state index contributed by atoms with van der Waals surface area (Å²) < 4.78 is 24.6. The third kappa shape index (κ3) is 5.70. The second kappa shape index (κ2) is 9.74. The third-order valence-corrected chi connectivity index (χ3v) is 5.29. The molecule has 3 rings (SSSR count). The Bertz CT molecular complexity index is 815. The van der Waals surface area contributed by atoms with Gasteiger partial charge in [0.25, 0.3) is 5.91 Å². The number of rotatable bonds is 7. The minimum Gasteiger partial charge on any atom is -0.493 e. The lowest BCUT2D eigenvalue weighted by Crippen LogP contribution is -2.41. The fourth-order valence-electron chi connectivity index (χ4n) is 3.49. The van der Waals surface area contributed by atoms with Crippen molar-refractivity contribution in [2.75, 3.05) is 20.2 Å². The number of hydrogen-bond donors (Lipinski definition) is 1. The minimum atomic E-state index is -0.295. The summed E-state index contributed by atoms with van der Waals surface area (Å²) >= 11 is 0. The van der Waals surface area contributed by atoms with Crippen LogP contribution in [0.15, 0.2) is 42.5 Å². The quantitative estimate of drug-likeness (QED) is 0.763. The van der Waals surface area contributed by atoms with Gasteiger partial charge in [0.05, 0.1) is 7.11 Å². The van der Waals surface area contributed by atoms with Crippen LogP contribution in [0.4, 0.5) is 4.39 Å². The summed E-state index contributed by atoms with van der Waals surface area (Å²) in [4.78, 5) is 15.0. The monoisotopic (exact) mass is 400 g/mol. The lowest BCUT2D eigenvalue weighted by molar-refractivity contribution is 0.0819. The summed E-state index contributed by atoms with van der Waals surface area (Å²) in [6.45, 7) is 6.75. The average molecular weight is 400 g/mol. The van der Waals surface area contributed by atoms with Crippen LogP contribution in [-0.2, 0) is 6.54 Å². The highest BCUT2D eigenvalue weighted by Crippen LogP contribution is 2.31. The molecule has 0 saturated carbocycles. The number of nitrogens with zero attached hydrogens (tertiary/aromatic N) is 1. The van der Waals surface area contributed by atoms with Crippen molar-refractivity contribution >= 4 is 5.91 Å². The summed E-state index contributed by atoms with van der Waals surface area (Å²) in [7, 11) is 1.60. The fraction of sp³-hybridized carbons (Fsp3) is 0.435. The van der Waals surface area contributed by atoms with Crippen LogP contribution in [0.25, 0.3) is 0 Å². The number of nitrogens with one attached hydrogen (secondary N) is 1. The summed E-state index contributed by atoms with van der Waals surface area (Å²) in [5.74, 6) is 0.698. The molecule has 1 saturated heterocycles. The van der Waals surface area contributed by atoms with Gasteiger partial charge >= 0.3 is 0 Å². The molecule has 1 aliphatic rings. The zero-order valence-electron chi connectivity index (χ0n) is 17.3. The molecule has 1 amide bonds. The molecule has 0 atom stereocenters. The molecule has 0 radical (unpaired) electrons. The molecule has 29 heavy (non-hydrogen) atoms. The molecule has 0 unspecified atom stereocenters. The summed E-state index contributed by atoms with van der Waals surface area (Å²) in [5, 5.41) is 2.86. The maximum absolute atomic E-state index is 13.0. The minimum absolute atomic E-state index is 0.108. The van der Waals surface area contributed by atoms with Crippen molar-refractivity contribution in [3.05, 3.63) is 59.4 Å². The smallest absolute Gasteiger partial charge is 0.251 e. The first-order valence-electron chi connectivity index (χ1n) is 10.1. The van der Waals surface area contributed by atoms with Gasteiger partial charge in [-0.05, 0) is 62.6 Å². The van der Waals surface area contributed by atoms with Crippen molar-refractivity contribution in [1.82, 2.24) is 10.2 Å². The zero-order valence-corrected chi connectivity index (χ0v) is 17.3. The van der Waals surface area contributed by atoms with Crippen LogP contribution in [-0.4, -0.2) is 43.2 Å². The Balaban J connectivity index is 1.63. The Labute approximate surface area is 171 Å². The van der Waals surface area contributed by atoms with E-state index in [-0.39, 0.29) is 17.8 Å². The van der Waals surface area contributed by atoms with Gasteiger partial charge in [-0.15, -0.1) is 0 Å². The lowest BCUT2D eigenvalue weighted by atomic mass is 10.1. The molecule has 1 fully saturated rings. The van der Waals surface area contributed by atoms with Gasteiger partial charge in [-0.3, -0.25) is 4.79 Å². The van der Waals surface area contributed by atoms with E-state index >= 15 is 0 Å². The second-order valence-corrected chi connectivity index (χ2v) is 7.62. The van der Waals surface area contributed by atoms with Crippen LogP contribution in [0.5, 0.6) is 11.5 Å². The number of carbonyl (C=O) groups is 1. The summed E-state index contributed by atoms with van der Waals surface area (Å²) in [5.41, 5.74) is 1.34. The van der Waals surface area contributed by atoms with Crippen LogP contribution < -0.4 is 14.8 Å². The van der Waals surface area contributed by atoms with Crippen molar-refractivity contribution in [3.8, 4) is 11.5 Å². The van der Waals surface area contributed by atoms with Crippen molar-refractivity contribution < 1.29 is 18.7 Å². The fourth-order valence-corrected chi connectivity index (χ4v) is 3.49. The van der Waals surface area contributed by atoms with Crippen LogP contribution in [0.3, 0.4) is 0 Å². The number of carbonyl (C=O) groups excluding carboxylic acids is 1. The van der Waals surface area contributed by atoms with Gasteiger partial charge < -0.3 is 19.7 Å². The van der Waals surface area contributed by atoms with Gasteiger partial charge in [-0.2, -0.15) is 0 Å². The molecule has 0 spiro atoms. The molecule has 0 aliphatic carbocycles. The molecule has 2 aromatic carbocycles. The average Bonchev–Trinajstić information content (AvgIpc) is 2.73. The first-order valence-corrected chi connectivity index (χ1v) is 10.1. The van der Waals surface area contributed by atoms with Crippen molar-refractivity contribution in [1.29, 1.82) is 0 Å². The molecule has 1 aliphatic heterocycles. The number of methoxy groups -OCH3 is 1. The predicted octanol–water partition coefficient (Wildman–Crippen LogP) is 4.02. The van der Waals surface area contributed by atoms with E-state index in [0.717, 1.165) is 31.5 Å². The second-order valence-electron chi connectivity index (χ2n) is 7.62. The van der Waals surface area contributed by atoms with Gasteiger partial charge in [-0.1, -0.05) is 12.1 Å². The number of amides is 1. The SMILES string of the molecule is COc1ccc(C(=O)NCc2ccc(F)cc2)cc1OC1CCN(C(C)C)CC1. The highest BCUT2D eigenvalue weighted by atomic mass is 19.1. The Morgan fingerprint density at radius 2 is 1.83 bits per heavy atom. The van der Waals surface area contributed by atoms with Gasteiger partial charge in [0, 0.05) is 31.2 Å². The van der Waals surface area contributed by atoms with Gasteiger partial charge in [0.2, 0.25) is 0 Å². The molecular weight excluding hydrogens is 371 g/mol. The topological polar surface area (TPSA) is 50.8 Å². The molecule has 5 nitrogen and oxygen atoms in total. The van der Waals surface area contributed by atoms with E-state index in [9.17, 15) is 9.18 Å². The van der Waals surface area contributed by atoms with Gasteiger partial charge in [-0.25, -0.2) is 4.39 Å². The lowest BCUT2D eigenvalue weighted by Gasteiger charge is -2.34. The Morgan fingerprint density at radius 3 is 2.45 bits per heavy atom. The van der Waals surface area contributed by atoms with Crippen LogP contribution in [0.2, 0.25) is 0 Å². The molecule has 6 heteroatoms. The molecule has 0 aromatic heterocycles. The Morgan fingerprint density at radius 1 is 1.14 bits per heavy atom. The van der Waals surface area contributed by atoms with Crippen LogP contribution in [0.1, 0.15) is 42.6 Å². The van der Waals surface area contributed by atoms with E-state index in [1.54, 1.807) is 37.4 Å². The maximum atomic E-state index is 13.0. The Kier molecular flexibility index (Phi) is 7.09. The number of likely N-dealkylation sites (tertiary alicyclic amines) is 1. The third-order valence-electron chi connectivity index (χ3n) is 5.29. The standard InChI is InChI=1S/C23H29FN2O3/c1-16(2)26-12-10-20(11-13-26)29-22-14-18(6-9-21(22)28-3)23(27)25-15-17-4-7-19(24)8-5-17/h4-9,14,16,20H,10-13,15H2,1-3H3,(H,25,27). The normalized spacial score (nSPS) is 15.3. The molecule has 156 valence electrons. The van der Waals surface area contributed by atoms with E-state index in [1.807, 2.05) is 0 Å². The molecule has 1 heterocycles.